The molecule has 6 heteroatoms. The molecule has 0 radical (unpaired) electrons. The van der Waals surface area contributed by atoms with Gasteiger partial charge in [0.2, 0.25) is 5.91 Å². The monoisotopic (exact) mass is 398 g/mol. The van der Waals surface area contributed by atoms with E-state index in [2.05, 4.69) is 5.32 Å². The fraction of sp³-hybridized carbons (Fsp3) is 0.565. The first kappa shape index (κ1) is 20.0. The quantitative estimate of drug-likeness (QED) is 0.830. The van der Waals surface area contributed by atoms with Crippen LogP contribution >= 0.6 is 0 Å². The van der Waals surface area contributed by atoms with Crippen LogP contribution in [-0.4, -0.2) is 43.0 Å². The number of nitrogens with one attached hydrogen (secondary N) is 1. The molecule has 2 amide bonds. The molecule has 1 N–H and O–H groups in total. The number of fused-ring (bicyclic) bond motifs is 1. The molecule has 1 aromatic heterocycles. The van der Waals surface area contributed by atoms with Gasteiger partial charge in [-0.25, -0.2) is 0 Å². The highest BCUT2D eigenvalue weighted by Crippen LogP contribution is 2.29. The second-order valence-electron chi connectivity index (χ2n) is 8.25. The molecule has 29 heavy (non-hydrogen) atoms. The fourth-order valence-electron chi connectivity index (χ4n) is 4.61. The van der Waals surface area contributed by atoms with Crippen LogP contribution in [0.3, 0.4) is 0 Å². The minimum atomic E-state index is -0.0923. The van der Waals surface area contributed by atoms with E-state index in [0.717, 1.165) is 49.5 Å². The highest BCUT2D eigenvalue weighted by molar-refractivity contribution is 5.99. The number of likely N-dealkylation sites (tertiary alicyclic amines) is 1. The molecule has 6 nitrogen and oxygen atoms in total. The number of amides is 2. The van der Waals surface area contributed by atoms with E-state index in [-0.39, 0.29) is 23.8 Å². The van der Waals surface area contributed by atoms with E-state index >= 15 is 0 Å². The minimum absolute atomic E-state index is 0.0923. The lowest BCUT2D eigenvalue weighted by Crippen LogP contribution is -2.48. The summed E-state index contributed by atoms with van der Waals surface area (Å²) in [4.78, 5) is 27.5. The van der Waals surface area contributed by atoms with Gasteiger partial charge in [0.25, 0.3) is 5.91 Å². The fourth-order valence-corrected chi connectivity index (χ4v) is 4.61. The molecule has 2 aromatic rings. The van der Waals surface area contributed by atoms with Crippen molar-refractivity contribution in [1.82, 2.24) is 10.2 Å². The van der Waals surface area contributed by atoms with Crippen molar-refractivity contribution in [2.45, 2.75) is 57.6 Å². The largest absolute Gasteiger partial charge is 0.451 e. The summed E-state index contributed by atoms with van der Waals surface area (Å²) in [5.41, 5.74) is 1.51. The number of benzene rings is 1. The third-order valence-electron chi connectivity index (χ3n) is 6.29. The summed E-state index contributed by atoms with van der Waals surface area (Å²) >= 11 is 0. The number of furan rings is 1. The van der Waals surface area contributed by atoms with Crippen molar-refractivity contribution in [2.24, 2.45) is 5.92 Å². The molecule has 1 saturated carbocycles. The third-order valence-corrected chi connectivity index (χ3v) is 6.29. The average molecular weight is 399 g/mol. The number of piperidine rings is 1. The van der Waals surface area contributed by atoms with Crippen molar-refractivity contribution < 1.29 is 18.7 Å². The number of ether oxygens (including phenoxy) is 1. The molecule has 0 bridgehead atoms. The topological polar surface area (TPSA) is 71.8 Å². The Hall–Kier alpha value is -2.34. The van der Waals surface area contributed by atoms with Crippen LogP contribution in [0.2, 0.25) is 0 Å². The summed E-state index contributed by atoms with van der Waals surface area (Å²) in [6.07, 6.45) is 7.15. The van der Waals surface area contributed by atoms with Gasteiger partial charge < -0.3 is 19.4 Å². The standard InChI is InChI=1S/C23H30N2O4/c1-28-15-19-18-9-5-6-10-20(18)29-21(19)23(27)25-13-11-17(12-14-25)24-22(26)16-7-3-2-4-8-16/h5-6,9-10,16-17H,2-4,7-8,11-15H2,1H3,(H,24,26). The van der Waals surface area contributed by atoms with E-state index in [0.29, 0.717) is 31.0 Å². The molecule has 0 spiro atoms. The SMILES string of the molecule is COCc1c(C(=O)N2CCC(NC(=O)C3CCCCC3)CC2)oc2ccccc12. The Kier molecular flexibility index (Phi) is 6.19. The maximum atomic E-state index is 13.1. The smallest absolute Gasteiger partial charge is 0.289 e. The van der Waals surface area contributed by atoms with E-state index in [9.17, 15) is 9.59 Å². The minimum Gasteiger partial charge on any atom is -0.451 e. The summed E-state index contributed by atoms with van der Waals surface area (Å²) in [6, 6.07) is 7.82. The van der Waals surface area contributed by atoms with Crippen LogP contribution in [0.5, 0.6) is 0 Å². The van der Waals surface area contributed by atoms with Gasteiger partial charge in [-0.2, -0.15) is 0 Å². The zero-order valence-electron chi connectivity index (χ0n) is 17.1. The normalized spacial score (nSPS) is 18.9. The van der Waals surface area contributed by atoms with E-state index in [1.807, 2.05) is 29.2 Å². The van der Waals surface area contributed by atoms with Crippen LogP contribution in [0.1, 0.15) is 61.1 Å². The van der Waals surface area contributed by atoms with Gasteiger partial charge >= 0.3 is 0 Å². The maximum absolute atomic E-state index is 13.1. The Balaban J connectivity index is 1.38. The Bertz CT molecular complexity index is 861. The van der Waals surface area contributed by atoms with Crippen LogP contribution in [-0.2, 0) is 16.1 Å². The molecule has 2 heterocycles. The molecular formula is C23H30N2O4. The molecule has 156 valence electrons. The summed E-state index contributed by atoms with van der Waals surface area (Å²) < 4.78 is 11.2. The van der Waals surface area contributed by atoms with Crippen molar-refractivity contribution in [3.05, 3.63) is 35.6 Å². The number of hydrogen-bond acceptors (Lipinski definition) is 4. The lowest BCUT2D eigenvalue weighted by molar-refractivity contribution is -0.126. The third kappa shape index (κ3) is 4.32. The predicted molar refractivity (Wildman–Crippen MR) is 111 cm³/mol. The Morgan fingerprint density at radius 3 is 2.55 bits per heavy atom. The van der Waals surface area contributed by atoms with Gasteiger partial charge in [0.15, 0.2) is 5.76 Å². The predicted octanol–water partition coefficient (Wildman–Crippen LogP) is 3.88. The van der Waals surface area contributed by atoms with Crippen molar-refractivity contribution >= 4 is 22.8 Å². The van der Waals surface area contributed by atoms with Gasteiger partial charge in [0.05, 0.1) is 6.61 Å². The van der Waals surface area contributed by atoms with E-state index < -0.39 is 0 Å². The lowest BCUT2D eigenvalue weighted by Gasteiger charge is -2.33. The van der Waals surface area contributed by atoms with Crippen molar-refractivity contribution in [3.63, 3.8) is 0 Å². The van der Waals surface area contributed by atoms with Gasteiger partial charge in [0, 0.05) is 43.1 Å². The van der Waals surface area contributed by atoms with Gasteiger partial charge in [-0.05, 0) is 31.7 Å². The molecule has 0 atom stereocenters. The van der Waals surface area contributed by atoms with E-state index in [1.165, 1.54) is 6.42 Å². The Labute approximate surface area is 171 Å². The highest BCUT2D eigenvalue weighted by atomic mass is 16.5. The maximum Gasteiger partial charge on any atom is 0.289 e. The van der Waals surface area contributed by atoms with Gasteiger partial charge in [0.1, 0.15) is 5.58 Å². The highest BCUT2D eigenvalue weighted by Gasteiger charge is 2.30. The Morgan fingerprint density at radius 1 is 1.10 bits per heavy atom. The molecule has 2 aliphatic rings. The zero-order valence-corrected chi connectivity index (χ0v) is 17.1. The number of nitrogens with zero attached hydrogens (tertiary/aromatic N) is 1. The number of carbonyl (C=O) groups excluding carboxylic acids is 2. The first-order chi connectivity index (χ1) is 14.2. The zero-order chi connectivity index (χ0) is 20.2. The Morgan fingerprint density at radius 2 is 1.83 bits per heavy atom. The van der Waals surface area contributed by atoms with Crippen LogP contribution in [0.15, 0.2) is 28.7 Å². The summed E-state index contributed by atoms with van der Waals surface area (Å²) in [5, 5.41) is 4.14. The molecule has 1 aromatic carbocycles. The number of hydrogen-bond donors (Lipinski definition) is 1. The molecule has 4 rings (SSSR count). The second-order valence-corrected chi connectivity index (χ2v) is 8.25. The summed E-state index contributed by atoms with van der Waals surface area (Å²) in [6.45, 7) is 1.59. The van der Waals surface area contributed by atoms with Crippen LogP contribution in [0.4, 0.5) is 0 Å². The van der Waals surface area contributed by atoms with Crippen LogP contribution < -0.4 is 5.32 Å². The van der Waals surface area contributed by atoms with Crippen molar-refractivity contribution in [1.29, 1.82) is 0 Å². The molecule has 1 aliphatic carbocycles. The first-order valence-electron chi connectivity index (χ1n) is 10.8. The molecule has 0 unspecified atom stereocenters. The van der Waals surface area contributed by atoms with Gasteiger partial charge in [-0.1, -0.05) is 37.5 Å². The summed E-state index contributed by atoms with van der Waals surface area (Å²) in [7, 11) is 1.62. The number of methoxy groups -OCH3 is 1. The van der Waals surface area contributed by atoms with Gasteiger partial charge in [-0.15, -0.1) is 0 Å². The molecular weight excluding hydrogens is 368 g/mol. The lowest BCUT2D eigenvalue weighted by atomic mass is 9.88. The van der Waals surface area contributed by atoms with Crippen molar-refractivity contribution in [3.8, 4) is 0 Å². The van der Waals surface area contributed by atoms with E-state index in [4.69, 9.17) is 9.15 Å². The molecule has 2 fully saturated rings. The number of para-hydroxylation sites is 1. The number of carbonyl (C=O) groups is 2. The van der Waals surface area contributed by atoms with Crippen molar-refractivity contribution in [2.75, 3.05) is 20.2 Å². The summed E-state index contributed by atoms with van der Waals surface area (Å²) in [5.74, 6) is 0.660. The average Bonchev–Trinajstić information content (AvgIpc) is 3.13. The first-order valence-corrected chi connectivity index (χ1v) is 10.8. The van der Waals surface area contributed by atoms with E-state index in [1.54, 1.807) is 7.11 Å². The van der Waals surface area contributed by atoms with Crippen LogP contribution in [0.25, 0.3) is 11.0 Å². The van der Waals surface area contributed by atoms with Crippen LogP contribution in [0, 0.1) is 5.92 Å². The molecule has 1 saturated heterocycles. The number of rotatable bonds is 5. The second kappa shape index (κ2) is 8.99. The molecule has 1 aliphatic heterocycles. The van der Waals surface area contributed by atoms with Gasteiger partial charge in [-0.3, -0.25) is 9.59 Å².